The van der Waals surface area contributed by atoms with Gasteiger partial charge in [-0.1, -0.05) is 54.6 Å². The molecule has 108 valence electrons. The molecule has 3 heteroatoms. The van der Waals surface area contributed by atoms with E-state index in [4.69, 9.17) is 4.42 Å². The molecule has 0 spiro atoms. The van der Waals surface area contributed by atoms with Crippen LogP contribution in [-0.4, -0.2) is 10.8 Å². The number of carbonyl (C=O) groups excluding carboxylic acids is 1. The maximum absolute atomic E-state index is 12.8. The van der Waals surface area contributed by atoms with E-state index in [9.17, 15) is 4.79 Å². The maximum Gasteiger partial charge on any atom is 0.215 e. The van der Waals surface area contributed by atoms with Gasteiger partial charge < -0.3 is 4.42 Å². The SMILES string of the molecule is Cc1nc2c(o1)CC(c1ccccc1)c1ccccc1C2=O. The Kier molecular flexibility index (Phi) is 2.93. The Morgan fingerprint density at radius 3 is 2.59 bits per heavy atom. The lowest BCUT2D eigenvalue weighted by Gasteiger charge is -2.17. The highest BCUT2D eigenvalue weighted by atomic mass is 16.4. The van der Waals surface area contributed by atoms with Crippen molar-refractivity contribution in [1.82, 2.24) is 4.98 Å². The third-order valence-corrected chi connectivity index (χ3v) is 4.19. The van der Waals surface area contributed by atoms with Crippen LogP contribution >= 0.6 is 0 Å². The van der Waals surface area contributed by atoms with Crippen LogP contribution in [0.5, 0.6) is 0 Å². The van der Waals surface area contributed by atoms with E-state index in [2.05, 4.69) is 17.1 Å². The first-order valence-corrected chi connectivity index (χ1v) is 7.39. The summed E-state index contributed by atoms with van der Waals surface area (Å²) in [6.07, 6.45) is 0.656. The zero-order chi connectivity index (χ0) is 15.1. The van der Waals surface area contributed by atoms with Crippen molar-refractivity contribution in [2.45, 2.75) is 19.3 Å². The Labute approximate surface area is 128 Å². The predicted octanol–water partition coefficient (Wildman–Crippen LogP) is 3.90. The van der Waals surface area contributed by atoms with E-state index in [-0.39, 0.29) is 11.7 Å². The molecule has 0 aliphatic heterocycles. The molecule has 1 aromatic heterocycles. The number of hydrogen-bond acceptors (Lipinski definition) is 3. The highest BCUT2D eigenvalue weighted by Gasteiger charge is 2.31. The molecule has 0 saturated carbocycles. The Morgan fingerprint density at radius 1 is 1.05 bits per heavy atom. The molecule has 0 N–H and O–H groups in total. The number of benzene rings is 2. The van der Waals surface area contributed by atoms with Gasteiger partial charge in [0.05, 0.1) is 0 Å². The normalized spacial score (nSPS) is 16.8. The number of hydrogen-bond donors (Lipinski definition) is 0. The van der Waals surface area contributed by atoms with Crippen LogP contribution in [0, 0.1) is 6.92 Å². The van der Waals surface area contributed by atoms with E-state index in [0.717, 1.165) is 11.1 Å². The van der Waals surface area contributed by atoms with Crippen LogP contribution in [0.3, 0.4) is 0 Å². The number of nitrogens with zero attached hydrogens (tertiary/aromatic N) is 1. The van der Waals surface area contributed by atoms with Gasteiger partial charge in [-0.2, -0.15) is 0 Å². The fraction of sp³-hybridized carbons (Fsp3) is 0.158. The number of aryl methyl sites for hydroxylation is 1. The Hall–Kier alpha value is -2.68. The van der Waals surface area contributed by atoms with Crippen molar-refractivity contribution in [1.29, 1.82) is 0 Å². The molecule has 1 aliphatic carbocycles. The van der Waals surface area contributed by atoms with Crippen LogP contribution in [0.25, 0.3) is 0 Å². The van der Waals surface area contributed by atoms with Gasteiger partial charge in [0.1, 0.15) is 5.76 Å². The van der Waals surface area contributed by atoms with Gasteiger partial charge in [-0.15, -0.1) is 0 Å². The molecular weight excluding hydrogens is 274 g/mol. The molecule has 3 aromatic rings. The largest absolute Gasteiger partial charge is 0.445 e. The molecule has 1 aliphatic rings. The molecule has 22 heavy (non-hydrogen) atoms. The highest BCUT2D eigenvalue weighted by Crippen LogP contribution is 2.36. The summed E-state index contributed by atoms with van der Waals surface area (Å²) in [5.74, 6) is 1.30. The fourth-order valence-electron chi connectivity index (χ4n) is 3.20. The minimum absolute atomic E-state index is 0.0409. The van der Waals surface area contributed by atoms with Crippen LogP contribution in [0.4, 0.5) is 0 Å². The van der Waals surface area contributed by atoms with Crippen molar-refractivity contribution in [2.75, 3.05) is 0 Å². The smallest absolute Gasteiger partial charge is 0.215 e. The summed E-state index contributed by atoms with van der Waals surface area (Å²) in [5.41, 5.74) is 3.42. The van der Waals surface area contributed by atoms with Crippen LogP contribution in [0.1, 0.15) is 44.7 Å². The Balaban J connectivity index is 1.96. The second kappa shape index (κ2) is 4.95. The maximum atomic E-state index is 12.8. The van der Waals surface area contributed by atoms with E-state index >= 15 is 0 Å². The second-order valence-corrected chi connectivity index (χ2v) is 5.59. The first-order valence-electron chi connectivity index (χ1n) is 7.39. The lowest BCUT2D eigenvalue weighted by molar-refractivity contribution is 0.103. The average molecular weight is 289 g/mol. The first-order chi connectivity index (χ1) is 10.7. The molecule has 0 fully saturated rings. The number of oxazole rings is 1. The number of carbonyl (C=O) groups is 1. The van der Waals surface area contributed by atoms with Gasteiger partial charge in [0.2, 0.25) is 5.78 Å². The van der Waals surface area contributed by atoms with Gasteiger partial charge in [0, 0.05) is 24.8 Å². The second-order valence-electron chi connectivity index (χ2n) is 5.59. The van der Waals surface area contributed by atoms with Crippen LogP contribution in [0.15, 0.2) is 59.0 Å². The molecule has 2 aromatic carbocycles. The number of aromatic nitrogens is 1. The summed E-state index contributed by atoms with van der Waals surface area (Å²) in [6.45, 7) is 1.78. The van der Waals surface area contributed by atoms with E-state index < -0.39 is 0 Å². The van der Waals surface area contributed by atoms with E-state index in [1.807, 2.05) is 42.5 Å². The van der Waals surface area contributed by atoms with Crippen molar-refractivity contribution in [3.8, 4) is 0 Å². The van der Waals surface area contributed by atoms with Gasteiger partial charge in [-0.25, -0.2) is 4.98 Å². The number of fused-ring (bicyclic) bond motifs is 2. The summed E-state index contributed by atoms with van der Waals surface area (Å²) < 4.78 is 5.71. The monoisotopic (exact) mass is 289 g/mol. The van der Waals surface area contributed by atoms with Crippen LogP contribution in [-0.2, 0) is 6.42 Å². The van der Waals surface area contributed by atoms with Crippen LogP contribution < -0.4 is 0 Å². The molecule has 1 heterocycles. The molecule has 0 amide bonds. The lowest BCUT2D eigenvalue weighted by atomic mass is 9.86. The molecule has 3 nitrogen and oxygen atoms in total. The summed E-state index contributed by atoms with van der Waals surface area (Å²) in [5, 5.41) is 0. The zero-order valence-corrected chi connectivity index (χ0v) is 12.2. The van der Waals surface area contributed by atoms with Gasteiger partial charge in [0.15, 0.2) is 11.6 Å². The average Bonchev–Trinajstić information content (AvgIpc) is 2.88. The number of ketones is 1. The summed E-state index contributed by atoms with van der Waals surface area (Å²) >= 11 is 0. The van der Waals surface area contributed by atoms with Gasteiger partial charge in [0.25, 0.3) is 0 Å². The molecule has 1 unspecified atom stereocenters. The number of rotatable bonds is 1. The molecule has 0 radical (unpaired) electrons. The van der Waals surface area contributed by atoms with Gasteiger partial charge >= 0.3 is 0 Å². The molecule has 1 atom stereocenters. The van der Waals surface area contributed by atoms with Crippen LogP contribution in [0.2, 0.25) is 0 Å². The minimum Gasteiger partial charge on any atom is -0.445 e. The van der Waals surface area contributed by atoms with Crippen molar-refractivity contribution in [3.63, 3.8) is 0 Å². The quantitative estimate of drug-likeness (QED) is 0.682. The third-order valence-electron chi connectivity index (χ3n) is 4.19. The van der Waals surface area contributed by atoms with E-state index in [1.54, 1.807) is 6.92 Å². The Bertz CT molecular complexity index is 849. The summed E-state index contributed by atoms with van der Waals surface area (Å²) in [6, 6.07) is 18.0. The van der Waals surface area contributed by atoms with Crippen molar-refractivity contribution in [3.05, 3.63) is 88.6 Å². The predicted molar refractivity (Wildman–Crippen MR) is 83.1 cm³/mol. The van der Waals surface area contributed by atoms with Gasteiger partial charge in [-0.3, -0.25) is 4.79 Å². The van der Waals surface area contributed by atoms with E-state index in [1.165, 1.54) is 5.56 Å². The standard InChI is InChI=1S/C19H15NO2/c1-12-20-18-17(22-12)11-16(13-7-3-2-4-8-13)14-9-5-6-10-15(14)19(18)21/h2-10,16H,11H2,1H3. The van der Waals surface area contributed by atoms with Crippen molar-refractivity contribution < 1.29 is 9.21 Å². The molecule has 0 bridgehead atoms. The minimum atomic E-state index is -0.0409. The third kappa shape index (κ3) is 1.98. The van der Waals surface area contributed by atoms with Gasteiger partial charge in [-0.05, 0) is 11.1 Å². The highest BCUT2D eigenvalue weighted by molar-refractivity contribution is 6.10. The van der Waals surface area contributed by atoms with E-state index in [0.29, 0.717) is 23.8 Å². The topological polar surface area (TPSA) is 43.1 Å². The summed E-state index contributed by atoms with van der Waals surface area (Å²) in [7, 11) is 0. The molecular formula is C19H15NO2. The first kappa shape index (κ1) is 13.0. The zero-order valence-electron chi connectivity index (χ0n) is 12.2. The molecule has 4 rings (SSSR count). The molecule has 0 saturated heterocycles. The van der Waals surface area contributed by atoms with Crippen molar-refractivity contribution in [2.24, 2.45) is 0 Å². The fourth-order valence-corrected chi connectivity index (χ4v) is 3.20. The summed E-state index contributed by atoms with van der Waals surface area (Å²) in [4.78, 5) is 17.1. The Morgan fingerprint density at radius 2 is 1.77 bits per heavy atom. The van der Waals surface area contributed by atoms with Crippen molar-refractivity contribution >= 4 is 5.78 Å². The lowest BCUT2D eigenvalue weighted by Crippen LogP contribution is -2.07.